The highest BCUT2D eigenvalue weighted by Gasteiger charge is 2.30. The van der Waals surface area contributed by atoms with Crippen LogP contribution in [0.1, 0.15) is 25.3 Å². The average Bonchev–Trinajstić information content (AvgIpc) is 2.66. The van der Waals surface area contributed by atoms with Crippen LogP contribution in [-0.2, 0) is 0 Å². The number of likely N-dealkylation sites (N-methyl/N-ethyl adjacent to an activating group) is 2. The summed E-state index contributed by atoms with van der Waals surface area (Å²) < 4.78 is 1.18. The van der Waals surface area contributed by atoms with E-state index in [0.29, 0.717) is 12.0 Å². The number of rotatable bonds is 3. The molecule has 0 saturated heterocycles. The van der Waals surface area contributed by atoms with Crippen LogP contribution >= 0.6 is 15.9 Å². The lowest BCUT2D eigenvalue weighted by molar-refractivity contribution is 0.509. The molecule has 1 aliphatic heterocycles. The number of nitrogens with one attached hydrogen (secondary N) is 1. The highest BCUT2D eigenvalue weighted by Crippen LogP contribution is 2.39. The Hall–Kier alpha value is -0.540. The normalized spacial score (nSPS) is 21.0. The van der Waals surface area contributed by atoms with Gasteiger partial charge in [0.15, 0.2) is 0 Å². The molecule has 0 spiro atoms. The first-order chi connectivity index (χ1) is 7.67. The van der Waals surface area contributed by atoms with Crippen molar-refractivity contribution in [3.05, 3.63) is 28.2 Å². The summed E-state index contributed by atoms with van der Waals surface area (Å²) in [6.45, 7) is 6.69. The van der Waals surface area contributed by atoms with Crippen LogP contribution < -0.4 is 10.2 Å². The number of hydrogen-bond donors (Lipinski definition) is 1. The highest BCUT2D eigenvalue weighted by molar-refractivity contribution is 9.10. The molecule has 1 aromatic carbocycles. The van der Waals surface area contributed by atoms with Crippen LogP contribution in [0.5, 0.6) is 0 Å². The van der Waals surface area contributed by atoms with Crippen LogP contribution in [0.4, 0.5) is 5.69 Å². The van der Waals surface area contributed by atoms with Gasteiger partial charge in [-0.3, -0.25) is 0 Å². The molecule has 3 heteroatoms. The Morgan fingerprint density at radius 2 is 2.31 bits per heavy atom. The molecule has 0 bridgehead atoms. The van der Waals surface area contributed by atoms with Crippen LogP contribution in [0.2, 0.25) is 0 Å². The number of hydrogen-bond acceptors (Lipinski definition) is 2. The van der Waals surface area contributed by atoms with E-state index in [2.05, 4.69) is 58.2 Å². The number of anilines is 1. The first-order valence-corrected chi connectivity index (χ1v) is 6.68. The Morgan fingerprint density at radius 1 is 1.56 bits per heavy atom. The second-order valence-corrected chi connectivity index (χ2v) is 5.34. The second kappa shape index (κ2) is 4.76. The molecule has 0 radical (unpaired) electrons. The largest absolute Gasteiger partial charge is 0.371 e. The number of benzene rings is 1. The number of fused-ring (bicyclic) bond motifs is 1. The summed E-state index contributed by atoms with van der Waals surface area (Å²) >= 11 is 3.57. The number of halogens is 1. The molecule has 2 atom stereocenters. The van der Waals surface area contributed by atoms with Crippen molar-refractivity contribution >= 4 is 21.6 Å². The summed E-state index contributed by atoms with van der Waals surface area (Å²) in [7, 11) is 2.04. The quantitative estimate of drug-likeness (QED) is 0.917. The maximum atomic E-state index is 3.57. The van der Waals surface area contributed by atoms with Gasteiger partial charge in [-0.25, -0.2) is 0 Å². The molecule has 2 rings (SSSR count). The topological polar surface area (TPSA) is 15.3 Å². The second-order valence-electron chi connectivity index (χ2n) is 4.43. The van der Waals surface area contributed by atoms with Gasteiger partial charge in [0.1, 0.15) is 0 Å². The maximum absolute atomic E-state index is 3.57. The van der Waals surface area contributed by atoms with Crippen molar-refractivity contribution in [2.75, 3.05) is 25.0 Å². The first-order valence-electron chi connectivity index (χ1n) is 5.89. The molecule has 1 aromatic rings. The van der Waals surface area contributed by atoms with E-state index in [1.807, 2.05) is 7.05 Å². The van der Waals surface area contributed by atoms with E-state index in [9.17, 15) is 0 Å². The van der Waals surface area contributed by atoms with Crippen molar-refractivity contribution in [2.45, 2.75) is 25.8 Å². The zero-order chi connectivity index (χ0) is 11.7. The van der Waals surface area contributed by atoms with Crippen molar-refractivity contribution in [1.29, 1.82) is 0 Å². The van der Waals surface area contributed by atoms with E-state index in [1.54, 1.807) is 0 Å². The lowest BCUT2D eigenvalue weighted by Gasteiger charge is -2.20. The van der Waals surface area contributed by atoms with E-state index in [4.69, 9.17) is 0 Å². The summed E-state index contributed by atoms with van der Waals surface area (Å²) in [5, 5.41) is 3.37. The third-order valence-electron chi connectivity index (χ3n) is 3.59. The molecule has 1 N–H and O–H groups in total. The van der Waals surface area contributed by atoms with Crippen molar-refractivity contribution in [2.24, 2.45) is 0 Å². The summed E-state index contributed by atoms with van der Waals surface area (Å²) in [6.07, 6.45) is 0. The van der Waals surface area contributed by atoms with Gasteiger partial charge >= 0.3 is 0 Å². The minimum atomic E-state index is 0.518. The minimum absolute atomic E-state index is 0.518. The molecular formula is C13H19BrN2. The molecular weight excluding hydrogens is 264 g/mol. The third-order valence-corrected chi connectivity index (χ3v) is 4.08. The van der Waals surface area contributed by atoms with Crippen LogP contribution in [0, 0.1) is 0 Å². The Balaban J connectivity index is 2.39. The van der Waals surface area contributed by atoms with E-state index < -0.39 is 0 Å². The lowest BCUT2D eigenvalue weighted by Crippen LogP contribution is -2.32. The molecule has 0 amide bonds. The van der Waals surface area contributed by atoms with E-state index in [-0.39, 0.29) is 0 Å². The third kappa shape index (κ3) is 1.98. The predicted molar refractivity (Wildman–Crippen MR) is 73.3 cm³/mol. The van der Waals surface area contributed by atoms with E-state index in [0.717, 1.165) is 13.1 Å². The van der Waals surface area contributed by atoms with Crippen LogP contribution in [0.25, 0.3) is 0 Å². The molecule has 16 heavy (non-hydrogen) atoms. The van der Waals surface area contributed by atoms with E-state index in [1.165, 1.54) is 15.7 Å². The van der Waals surface area contributed by atoms with Crippen LogP contribution in [0.3, 0.4) is 0 Å². The average molecular weight is 283 g/mol. The lowest BCUT2D eigenvalue weighted by atomic mass is 9.95. The Bertz CT molecular complexity index is 378. The van der Waals surface area contributed by atoms with Crippen molar-refractivity contribution < 1.29 is 0 Å². The monoisotopic (exact) mass is 282 g/mol. The zero-order valence-electron chi connectivity index (χ0n) is 10.1. The molecule has 2 unspecified atom stereocenters. The van der Waals surface area contributed by atoms with Gasteiger partial charge in [-0.15, -0.1) is 0 Å². The van der Waals surface area contributed by atoms with Gasteiger partial charge in [-0.1, -0.05) is 15.9 Å². The molecule has 88 valence electrons. The van der Waals surface area contributed by atoms with Gasteiger partial charge in [0.25, 0.3) is 0 Å². The highest BCUT2D eigenvalue weighted by atomic mass is 79.9. The Labute approximate surface area is 106 Å². The smallest absolute Gasteiger partial charge is 0.0403 e. The fourth-order valence-corrected chi connectivity index (χ4v) is 2.85. The summed E-state index contributed by atoms with van der Waals surface area (Å²) in [6, 6.07) is 7.15. The maximum Gasteiger partial charge on any atom is 0.0403 e. The van der Waals surface area contributed by atoms with Gasteiger partial charge in [0.05, 0.1) is 0 Å². The van der Waals surface area contributed by atoms with Crippen molar-refractivity contribution in [3.63, 3.8) is 0 Å². The Kier molecular flexibility index (Phi) is 3.55. The summed E-state index contributed by atoms with van der Waals surface area (Å²) in [4.78, 5) is 2.46. The fourth-order valence-electron chi connectivity index (χ4n) is 2.47. The predicted octanol–water partition coefficient (Wildman–Crippen LogP) is 2.98. The van der Waals surface area contributed by atoms with Gasteiger partial charge in [0, 0.05) is 35.2 Å². The van der Waals surface area contributed by atoms with Crippen LogP contribution in [0.15, 0.2) is 22.7 Å². The van der Waals surface area contributed by atoms with Gasteiger partial charge < -0.3 is 10.2 Å². The summed E-state index contributed by atoms with van der Waals surface area (Å²) in [5.74, 6) is 0.595. The van der Waals surface area contributed by atoms with Crippen molar-refractivity contribution in [1.82, 2.24) is 5.32 Å². The Morgan fingerprint density at radius 3 is 2.94 bits per heavy atom. The molecule has 1 heterocycles. The molecule has 1 aliphatic rings. The van der Waals surface area contributed by atoms with Gasteiger partial charge in [0.2, 0.25) is 0 Å². The number of nitrogens with zero attached hydrogens (tertiary/aromatic N) is 1. The SMILES string of the molecule is CCN1CC(C(C)NC)c2cc(Br)ccc21. The molecule has 2 nitrogen and oxygen atoms in total. The first kappa shape index (κ1) is 11.9. The zero-order valence-corrected chi connectivity index (χ0v) is 11.7. The molecule has 0 fully saturated rings. The summed E-state index contributed by atoms with van der Waals surface area (Å²) in [5.41, 5.74) is 2.87. The van der Waals surface area contributed by atoms with E-state index >= 15 is 0 Å². The standard InChI is InChI=1S/C13H19BrN2/c1-4-16-8-12(9(2)15-3)11-7-10(14)5-6-13(11)16/h5-7,9,12,15H,4,8H2,1-3H3. The van der Waals surface area contributed by atoms with Gasteiger partial charge in [-0.2, -0.15) is 0 Å². The molecule has 0 aromatic heterocycles. The van der Waals surface area contributed by atoms with Gasteiger partial charge in [-0.05, 0) is 44.7 Å². The molecule has 0 saturated carbocycles. The van der Waals surface area contributed by atoms with Crippen molar-refractivity contribution in [3.8, 4) is 0 Å². The fraction of sp³-hybridized carbons (Fsp3) is 0.538. The minimum Gasteiger partial charge on any atom is -0.371 e. The van der Waals surface area contributed by atoms with Crippen LogP contribution in [-0.4, -0.2) is 26.2 Å². The molecule has 0 aliphatic carbocycles.